The Labute approximate surface area is 523 Å². The number of hydrogen-bond acceptors (Lipinski definition) is 19. The summed E-state index contributed by atoms with van der Waals surface area (Å²) < 4.78 is 0. The van der Waals surface area contributed by atoms with Crippen molar-refractivity contribution in [2.75, 3.05) is 31.6 Å². The highest BCUT2D eigenvalue weighted by atomic mass is 32.2. The van der Waals surface area contributed by atoms with E-state index in [9.17, 15) is 82.8 Å². The molecule has 0 bridgehead atoms. The third kappa shape index (κ3) is 30.5. The molecule has 0 unspecified atom stereocenters. The Morgan fingerprint density at radius 1 is 0.483 bits per heavy atom. The molecule has 0 aliphatic rings. The minimum atomic E-state index is -1.90. The number of nitrogens with one attached hydrogen (secondary N) is 11. The minimum Gasteiger partial charge on any atom is -0.481 e. The number of carbonyl (C=O) groups is 13. The topological polar surface area (TPSA) is 513 Å². The van der Waals surface area contributed by atoms with Crippen LogP contribution >= 0.6 is 11.8 Å². The molecule has 0 heterocycles. The van der Waals surface area contributed by atoms with Crippen LogP contribution in [0.1, 0.15) is 113 Å². The summed E-state index contributed by atoms with van der Waals surface area (Å²) in [6.07, 6.45) is -3.15. The van der Waals surface area contributed by atoms with Crippen LogP contribution in [0.15, 0.2) is 30.3 Å². The maximum atomic E-state index is 14.2. The van der Waals surface area contributed by atoms with Gasteiger partial charge in [0.05, 0.1) is 37.8 Å². The molecule has 89 heavy (non-hydrogen) atoms. The fourth-order valence-corrected chi connectivity index (χ4v) is 9.05. The number of unbranched alkanes of at least 4 members (excludes halogenated alkanes) is 1. The molecule has 31 nitrogen and oxygen atoms in total. The standard InChI is InChI=1S/C57H96N14O17S/c1-28(2)22-37(50(81)65-35(48(60)79)19-21-89-10)64-42(76)27-61-55(86)45(30(5)6)69-53(84)39(24-34-16-12-11-13-17-34)66-51(82)40(25-43(77)78)67-49(80)36(18-14-15-20-58)63-41(75)26-62-56(87)46(32(8)73)71-57(88)47(33(9)74)70-52(83)38(23-29(3)4)68-54(85)44(59)31(7)72/h11-13,16-17,28-33,35-40,44-47,72-74H,14-15,18-27,58-59H2,1-10H3,(H2,60,79)(H,61,86)(H,62,87)(H,63,75)(H,64,76)(H,65,81)(H,66,82)(H,67,80)(H,68,85)(H,69,84)(H,70,83)(H,71,88)(H,77,78)/t31-,32-,33-,35+,36+,37+,38+,39+,40+,44+,45+,46+,47+/m1/s1. The van der Waals surface area contributed by atoms with Gasteiger partial charge < -0.3 is 96.1 Å². The monoisotopic (exact) mass is 1280 g/mol. The number of hydrogen-bond donors (Lipinski definition) is 18. The minimum absolute atomic E-state index is 0.0366. The molecule has 502 valence electrons. The van der Waals surface area contributed by atoms with Gasteiger partial charge in [-0.25, -0.2) is 0 Å². The molecule has 0 aliphatic carbocycles. The number of thioether (sulfide) groups is 1. The van der Waals surface area contributed by atoms with Crippen LogP contribution in [0, 0.1) is 17.8 Å². The van der Waals surface area contributed by atoms with Crippen LogP contribution in [0.2, 0.25) is 0 Å². The smallest absolute Gasteiger partial charge is 0.305 e. The predicted octanol–water partition coefficient (Wildman–Crippen LogP) is -5.12. The van der Waals surface area contributed by atoms with E-state index < -0.39 is 181 Å². The third-order valence-corrected chi connectivity index (χ3v) is 14.2. The van der Waals surface area contributed by atoms with E-state index in [-0.39, 0.29) is 56.9 Å². The summed E-state index contributed by atoms with van der Waals surface area (Å²) in [7, 11) is 0. The molecule has 0 saturated carbocycles. The number of amides is 12. The molecule has 0 aliphatic heterocycles. The second-order valence-corrected chi connectivity index (χ2v) is 23.9. The van der Waals surface area contributed by atoms with Crippen LogP contribution in [-0.2, 0) is 68.7 Å². The Morgan fingerprint density at radius 3 is 1.39 bits per heavy atom. The Hall–Kier alpha value is -7.52. The van der Waals surface area contributed by atoms with Crippen LogP contribution in [0.5, 0.6) is 0 Å². The lowest BCUT2D eigenvalue weighted by atomic mass is 10.0. The average molecular weight is 1280 g/mol. The van der Waals surface area contributed by atoms with E-state index in [4.69, 9.17) is 17.2 Å². The normalized spacial score (nSPS) is 15.7. The summed E-state index contributed by atoms with van der Waals surface area (Å²) >= 11 is 1.44. The van der Waals surface area contributed by atoms with Gasteiger partial charge in [-0.3, -0.25) is 62.3 Å². The number of primary amides is 1. The number of aliphatic hydroxyl groups is 3. The van der Waals surface area contributed by atoms with E-state index in [2.05, 4.69) is 58.5 Å². The predicted molar refractivity (Wildman–Crippen MR) is 328 cm³/mol. The van der Waals surface area contributed by atoms with Crippen LogP contribution in [0.3, 0.4) is 0 Å². The molecule has 1 aromatic carbocycles. The molecule has 21 N–H and O–H groups in total. The van der Waals surface area contributed by atoms with Gasteiger partial charge in [-0.15, -0.1) is 0 Å². The van der Waals surface area contributed by atoms with Gasteiger partial charge in [0.2, 0.25) is 70.9 Å². The van der Waals surface area contributed by atoms with Crippen molar-refractivity contribution in [1.29, 1.82) is 0 Å². The number of carbonyl (C=O) groups excluding carboxylic acids is 12. The molecule has 0 fully saturated rings. The molecule has 13 atom stereocenters. The molecule has 1 aromatic rings. The number of rotatable bonds is 42. The van der Waals surface area contributed by atoms with Crippen molar-refractivity contribution in [1.82, 2.24) is 58.5 Å². The van der Waals surface area contributed by atoms with E-state index in [1.807, 2.05) is 20.1 Å². The highest BCUT2D eigenvalue weighted by Crippen LogP contribution is 2.12. The Kier molecular flexibility index (Phi) is 36.5. The lowest BCUT2D eigenvalue weighted by molar-refractivity contribution is -0.141. The zero-order chi connectivity index (χ0) is 67.8. The van der Waals surface area contributed by atoms with Gasteiger partial charge in [-0.05, 0) is 101 Å². The van der Waals surface area contributed by atoms with Crippen LogP contribution in [-0.4, -0.2) is 208 Å². The summed E-state index contributed by atoms with van der Waals surface area (Å²) in [4.78, 5) is 173. The zero-order valence-electron chi connectivity index (χ0n) is 52.3. The zero-order valence-corrected chi connectivity index (χ0v) is 53.2. The van der Waals surface area contributed by atoms with E-state index in [0.717, 1.165) is 13.8 Å². The van der Waals surface area contributed by atoms with Crippen molar-refractivity contribution in [3.63, 3.8) is 0 Å². The Bertz CT molecular complexity index is 2530. The van der Waals surface area contributed by atoms with Crippen LogP contribution in [0.25, 0.3) is 0 Å². The summed E-state index contributed by atoms with van der Waals surface area (Å²) in [5, 5.41) is 67.4. The van der Waals surface area contributed by atoms with Gasteiger partial charge in [0.25, 0.3) is 0 Å². The van der Waals surface area contributed by atoms with Crippen molar-refractivity contribution < 1.29 is 82.8 Å². The molecule has 12 amide bonds. The summed E-state index contributed by atoms with van der Waals surface area (Å²) in [6.45, 7) is 12.4. The first kappa shape index (κ1) is 79.5. The largest absolute Gasteiger partial charge is 0.481 e. The third-order valence-electron chi connectivity index (χ3n) is 13.5. The molecule has 1 rings (SSSR count). The first-order valence-corrected chi connectivity index (χ1v) is 30.8. The fourth-order valence-electron chi connectivity index (χ4n) is 8.58. The number of carboxylic acid groups (broad SMARTS) is 1. The van der Waals surface area contributed by atoms with Crippen LogP contribution in [0.4, 0.5) is 0 Å². The fraction of sp³-hybridized carbons (Fsp3) is 0.667. The van der Waals surface area contributed by atoms with Gasteiger partial charge in [0.1, 0.15) is 60.4 Å². The lowest BCUT2D eigenvalue weighted by Crippen LogP contribution is -2.62. The Balaban J connectivity index is 3.36. The number of aliphatic hydroxyl groups excluding tert-OH is 3. The van der Waals surface area contributed by atoms with E-state index in [0.29, 0.717) is 17.7 Å². The van der Waals surface area contributed by atoms with E-state index in [1.165, 1.54) is 18.7 Å². The highest BCUT2D eigenvalue weighted by molar-refractivity contribution is 7.98. The number of benzene rings is 1. The van der Waals surface area contributed by atoms with E-state index in [1.54, 1.807) is 58.0 Å². The number of nitrogens with two attached hydrogens (primary N) is 3. The lowest BCUT2D eigenvalue weighted by Gasteiger charge is -2.28. The molecule has 0 radical (unpaired) electrons. The van der Waals surface area contributed by atoms with E-state index >= 15 is 0 Å². The molecule has 0 saturated heterocycles. The molecular weight excluding hydrogens is 1180 g/mol. The van der Waals surface area contributed by atoms with Crippen molar-refractivity contribution in [3.05, 3.63) is 35.9 Å². The number of aliphatic carboxylic acids is 1. The summed E-state index contributed by atoms with van der Waals surface area (Å²) in [6, 6.07) is -6.46. The average Bonchev–Trinajstić information content (AvgIpc) is 3.54. The first-order chi connectivity index (χ1) is 41.6. The second-order valence-electron chi connectivity index (χ2n) is 22.9. The first-order valence-electron chi connectivity index (χ1n) is 29.4. The van der Waals surface area contributed by atoms with Crippen molar-refractivity contribution in [2.45, 2.75) is 192 Å². The quantitative estimate of drug-likeness (QED) is 0.0272. The van der Waals surface area contributed by atoms with Gasteiger partial charge in [0, 0.05) is 6.42 Å². The highest BCUT2D eigenvalue weighted by Gasteiger charge is 2.37. The number of carboxylic acids is 1. The summed E-state index contributed by atoms with van der Waals surface area (Å²) in [5.41, 5.74) is 17.4. The van der Waals surface area contributed by atoms with Crippen molar-refractivity contribution in [3.8, 4) is 0 Å². The maximum Gasteiger partial charge on any atom is 0.305 e. The maximum absolute atomic E-state index is 14.2. The van der Waals surface area contributed by atoms with Gasteiger partial charge >= 0.3 is 5.97 Å². The Morgan fingerprint density at radius 2 is 0.910 bits per heavy atom. The SMILES string of the molecule is CSCC[C@H](NC(=O)[C@H](CC(C)C)NC(=O)CNC(=O)[C@@H](NC(=O)[C@H](Cc1ccccc1)NC(=O)[C@H](CC(=O)O)NC(=O)[C@H](CCCCN)NC(=O)CNC(=O)[C@@H](NC(=O)[C@@H](NC(=O)[C@H](CC(C)C)NC(=O)[C@@H](N)[C@@H](C)O)[C@@H](C)O)[C@@H](C)O)C(C)C)C(N)=O. The molecular formula is C57H96N14O17S. The molecule has 0 spiro atoms. The second kappa shape index (κ2) is 40.9. The molecule has 0 aromatic heterocycles. The van der Waals surface area contributed by atoms with Gasteiger partial charge in [-0.1, -0.05) is 71.9 Å². The van der Waals surface area contributed by atoms with Crippen molar-refractivity contribution >= 4 is 88.6 Å². The van der Waals surface area contributed by atoms with Gasteiger partial charge in [-0.2, -0.15) is 11.8 Å². The van der Waals surface area contributed by atoms with Crippen molar-refractivity contribution in [2.24, 2.45) is 35.0 Å². The summed E-state index contributed by atoms with van der Waals surface area (Å²) in [5.74, 6) is -13.3. The van der Waals surface area contributed by atoms with Gasteiger partial charge in [0.15, 0.2) is 0 Å². The van der Waals surface area contributed by atoms with Crippen LogP contribution < -0.4 is 75.7 Å². The molecule has 32 heteroatoms.